The monoisotopic (exact) mass is 303 g/mol. The number of carbonyl (C=O) groups is 2. The summed E-state index contributed by atoms with van der Waals surface area (Å²) >= 11 is 0. The highest BCUT2D eigenvalue weighted by Gasteiger charge is 2.50. The Balaban J connectivity index is 1.52. The van der Waals surface area contributed by atoms with E-state index in [4.69, 9.17) is 4.74 Å². The van der Waals surface area contributed by atoms with E-state index >= 15 is 0 Å². The summed E-state index contributed by atoms with van der Waals surface area (Å²) in [5.74, 6) is -1.32. The van der Waals surface area contributed by atoms with Crippen LogP contribution in [0.1, 0.15) is 37.7 Å². The van der Waals surface area contributed by atoms with E-state index in [2.05, 4.69) is 5.32 Å². The lowest BCUT2D eigenvalue weighted by molar-refractivity contribution is -0.144. The Morgan fingerprint density at radius 2 is 1.95 bits per heavy atom. The molecule has 3 rings (SSSR count). The van der Waals surface area contributed by atoms with Crippen molar-refractivity contribution in [2.45, 2.75) is 44.8 Å². The van der Waals surface area contributed by atoms with Crippen LogP contribution < -0.4 is 5.32 Å². The standard InChI is InChI=1S/C17H21NO4/c19-15(20)13-10-17(8-9-17)7-6-14(13)18-16(21)22-11-12-4-2-1-3-5-12/h1-5,13-14H,6-11H2,(H,18,21)(H,19,20). The third kappa shape index (κ3) is 3.40. The molecule has 2 saturated carbocycles. The minimum atomic E-state index is -0.820. The molecule has 1 aromatic rings. The van der Waals surface area contributed by atoms with Crippen molar-refractivity contribution in [3.8, 4) is 0 Å². The number of amides is 1. The quantitative estimate of drug-likeness (QED) is 0.896. The van der Waals surface area contributed by atoms with Crippen molar-refractivity contribution in [3.05, 3.63) is 35.9 Å². The van der Waals surface area contributed by atoms with Crippen LogP contribution in [0.25, 0.3) is 0 Å². The normalized spacial score (nSPS) is 25.5. The second kappa shape index (κ2) is 5.99. The molecule has 5 nitrogen and oxygen atoms in total. The first-order valence-electron chi connectivity index (χ1n) is 7.78. The summed E-state index contributed by atoms with van der Waals surface area (Å²) in [7, 11) is 0. The molecule has 22 heavy (non-hydrogen) atoms. The summed E-state index contributed by atoms with van der Waals surface area (Å²) in [6, 6.07) is 9.10. The van der Waals surface area contributed by atoms with Crippen LogP contribution in [0.4, 0.5) is 4.79 Å². The average Bonchev–Trinajstić information content (AvgIpc) is 3.27. The van der Waals surface area contributed by atoms with Gasteiger partial charge < -0.3 is 15.2 Å². The van der Waals surface area contributed by atoms with E-state index in [0.29, 0.717) is 6.42 Å². The molecular formula is C17H21NO4. The number of alkyl carbamates (subject to hydrolysis) is 1. The largest absolute Gasteiger partial charge is 0.481 e. The SMILES string of the molecule is O=C(NC1CCC2(CC2)CC1C(=O)O)OCc1ccccc1. The molecule has 0 heterocycles. The second-order valence-corrected chi connectivity index (χ2v) is 6.50. The summed E-state index contributed by atoms with van der Waals surface area (Å²) in [6.45, 7) is 0.196. The first-order valence-corrected chi connectivity index (χ1v) is 7.78. The molecular weight excluding hydrogens is 282 g/mol. The van der Waals surface area contributed by atoms with Crippen LogP contribution >= 0.6 is 0 Å². The number of hydrogen-bond acceptors (Lipinski definition) is 3. The van der Waals surface area contributed by atoms with Crippen LogP contribution in [0.2, 0.25) is 0 Å². The molecule has 0 aromatic heterocycles. The van der Waals surface area contributed by atoms with Gasteiger partial charge in [-0.25, -0.2) is 4.79 Å². The fourth-order valence-corrected chi connectivity index (χ4v) is 3.35. The van der Waals surface area contributed by atoms with E-state index in [-0.39, 0.29) is 18.1 Å². The van der Waals surface area contributed by atoms with Gasteiger partial charge in [0.25, 0.3) is 0 Å². The number of benzene rings is 1. The zero-order valence-corrected chi connectivity index (χ0v) is 12.5. The molecule has 0 aliphatic heterocycles. The van der Waals surface area contributed by atoms with Crippen molar-refractivity contribution in [1.82, 2.24) is 5.32 Å². The number of aliphatic carboxylic acids is 1. The van der Waals surface area contributed by atoms with Crippen molar-refractivity contribution in [1.29, 1.82) is 0 Å². The minimum Gasteiger partial charge on any atom is -0.481 e. The third-order valence-electron chi connectivity index (χ3n) is 4.91. The predicted octanol–water partition coefficient (Wildman–Crippen LogP) is 2.95. The van der Waals surface area contributed by atoms with E-state index in [1.165, 1.54) is 0 Å². The molecule has 118 valence electrons. The number of hydrogen-bond donors (Lipinski definition) is 2. The average molecular weight is 303 g/mol. The fraction of sp³-hybridized carbons (Fsp3) is 0.529. The first kappa shape index (κ1) is 14.9. The number of carboxylic acid groups (broad SMARTS) is 1. The van der Waals surface area contributed by atoms with Gasteiger partial charge >= 0.3 is 12.1 Å². The molecule has 2 fully saturated rings. The van der Waals surface area contributed by atoms with Gasteiger partial charge in [0.1, 0.15) is 6.61 Å². The number of carboxylic acids is 1. The Morgan fingerprint density at radius 3 is 2.59 bits per heavy atom. The summed E-state index contributed by atoms with van der Waals surface area (Å²) in [4.78, 5) is 23.4. The molecule has 2 atom stereocenters. The van der Waals surface area contributed by atoms with E-state index in [1.54, 1.807) is 0 Å². The third-order valence-corrected chi connectivity index (χ3v) is 4.91. The number of ether oxygens (including phenoxy) is 1. The molecule has 2 N–H and O–H groups in total. The summed E-state index contributed by atoms with van der Waals surface area (Å²) in [5, 5.41) is 12.1. The maximum atomic E-state index is 11.9. The first-order chi connectivity index (χ1) is 10.6. The van der Waals surface area contributed by atoms with Crippen molar-refractivity contribution in [3.63, 3.8) is 0 Å². The number of carbonyl (C=O) groups excluding carboxylic acids is 1. The Labute approximate surface area is 129 Å². The van der Waals surface area contributed by atoms with Crippen molar-refractivity contribution in [2.75, 3.05) is 0 Å². The molecule has 1 aromatic carbocycles. The Hall–Kier alpha value is -2.04. The van der Waals surface area contributed by atoms with E-state index < -0.39 is 18.0 Å². The Bertz CT molecular complexity index is 553. The zero-order valence-electron chi connectivity index (χ0n) is 12.5. The van der Waals surface area contributed by atoms with Crippen LogP contribution in [-0.2, 0) is 16.1 Å². The minimum absolute atomic E-state index is 0.196. The van der Waals surface area contributed by atoms with Crippen LogP contribution in [-0.4, -0.2) is 23.2 Å². The van der Waals surface area contributed by atoms with Crippen molar-refractivity contribution < 1.29 is 19.4 Å². The van der Waals surface area contributed by atoms with E-state index in [1.807, 2.05) is 30.3 Å². The van der Waals surface area contributed by atoms with Gasteiger partial charge in [0.2, 0.25) is 0 Å². The van der Waals surface area contributed by atoms with Crippen LogP contribution in [0, 0.1) is 11.3 Å². The summed E-state index contributed by atoms with van der Waals surface area (Å²) < 4.78 is 5.18. The molecule has 0 radical (unpaired) electrons. The predicted molar refractivity (Wildman–Crippen MR) is 80.2 cm³/mol. The van der Waals surface area contributed by atoms with Crippen molar-refractivity contribution >= 4 is 12.1 Å². The summed E-state index contributed by atoms with van der Waals surface area (Å²) in [6.07, 6.45) is 4.11. The second-order valence-electron chi connectivity index (χ2n) is 6.50. The highest BCUT2D eigenvalue weighted by molar-refractivity contribution is 5.74. The highest BCUT2D eigenvalue weighted by atomic mass is 16.5. The lowest BCUT2D eigenvalue weighted by atomic mass is 9.76. The molecule has 2 unspecified atom stereocenters. The van der Waals surface area contributed by atoms with Crippen LogP contribution in [0.5, 0.6) is 0 Å². The van der Waals surface area contributed by atoms with Gasteiger partial charge in [-0.1, -0.05) is 30.3 Å². The molecule has 1 spiro atoms. The van der Waals surface area contributed by atoms with Gasteiger partial charge in [0.05, 0.1) is 5.92 Å². The molecule has 2 aliphatic carbocycles. The molecule has 0 bridgehead atoms. The smallest absolute Gasteiger partial charge is 0.407 e. The van der Waals surface area contributed by atoms with Gasteiger partial charge in [0, 0.05) is 6.04 Å². The lowest BCUT2D eigenvalue weighted by Crippen LogP contribution is -2.47. The zero-order chi connectivity index (χ0) is 15.6. The van der Waals surface area contributed by atoms with Gasteiger partial charge in [-0.15, -0.1) is 0 Å². The Kier molecular flexibility index (Phi) is 4.05. The van der Waals surface area contributed by atoms with Crippen LogP contribution in [0.3, 0.4) is 0 Å². The maximum absolute atomic E-state index is 11.9. The van der Waals surface area contributed by atoms with Gasteiger partial charge in [-0.3, -0.25) is 4.79 Å². The number of rotatable bonds is 4. The molecule has 5 heteroatoms. The molecule has 2 aliphatic rings. The molecule has 1 amide bonds. The molecule has 0 saturated heterocycles. The van der Waals surface area contributed by atoms with E-state index in [0.717, 1.165) is 31.2 Å². The van der Waals surface area contributed by atoms with Crippen molar-refractivity contribution in [2.24, 2.45) is 11.3 Å². The van der Waals surface area contributed by atoms with E-state index in [9.17, 15) is 14.7 Å². The topological polar surface area (TPSA) is 75.6 Å². The lowest BCUT2D eigenvalue weighted by Gasteiger charge is -2.34. The number of nitrogens with one attached hydrogen (secondary N) is 1. The van der Waals surface area contributed by atoms with Crippen LogP contribution in [0.15, 0.2) is 30.3 Å². The van der Waals surface area contributed by atoms with Gasteiger partial charge in [0.15, 0.2) is 0 Å². The Morgan fingerprint density at radius 1 is 1.23 bits per heavy atom. The summed E-state index contributed by atoms with van der Waals surface area (Å²) in [5.41, 5.74) is 1.16. The van der Waals surface area contributed by atoms with Gasteiger partial charge in [-0.2, -0.15) is 0 Å². The highest BCUT2D eigenvalue weighted by Crippen LogP contribution is 2.57. The maximum Gasteiger partial charge on any atom is 0.407 e. The van der Waals surface area contributed by atoms with Gasteiger partial charge in [-0.05, 0) is 43.1 Å². The fourth-order valence-electron chi connectivity index (χ4n) is 3.35.